The van der Waals surface area contributed by atoms with Crippen LogP contribution < -0.4 is 4.74 Å². The summed E-state index contributed by atoms with van der Waals surface area (Å²) in [5.74, 6) is 0.439. The maximum Gasteiger partial charge on any atom is 0.177 e. The summed E-state index contributed by atoms with van der Waals surface area (Å²) < 4.78 is 28.1. The summed E-state index contributed by atoms with van der Waals surface area (Å²) in [6.45, 7) is 2.17. The molecule has 0 amide bonds. The highest BCUT2D eigenvalue weighted by molar-refractivity contribution is 7.91. The SMILES string of the molecule is CCCCc1ccc(Oc2ccc(C(=O)CS(C)(=O)=O)cc2)cc1. The molecule has 0 aliphatic heterocycles. The Kier molecular flexibility index (Phi) is 6.15. The van der Waals surface area contributed by atoms with Crippen molar-refractivity contribution in [1.29, 1.82) is 0 Å². The van der Waals surface area contributed by atoms with E-state index in [1.807, 2.05) is 12.1 Å². The predicted molar refractivity (Wildman–Crippen MR) is 95.6 cm³/mol. The number of carbonyl (C=O) groups is 1. The van der Waals surface area contributed by atoms with Crippen LogP contribution in [0, 0.1) is 0 Å². The smallest absolute Gasteiger partial charge is 0.177 e. The molecule has 2 rings (SSSR count). The number of hydrogen-bond donors (Lipinski definition) is 0. The summed E-state index contributed by atoms with van der Waals surface area (Å²) in [7, 11) is -3.32. The number of aryl methyl sites for hydroxylation is 1. The van der Waals surface area contributed by atoms with Crippen LogP contribution in [0.5, 0.6) is 11.5 Å². The van der Waals surface area contributed by atoms with Crippen molar-refractivity contribution in [2.75, 3.05) is 12.0 Å². The highest BCUT2D eigenvalue weighted by Gasteiger charge is 2.13. The van der Waals surface area contributed by atoms with Crippen LogP contribution in [0.1, 0.15) is 35.7 Å². The van der Waals surface area contributed by atoms with Crippen LogP contribution in [-0.2, 0) is 16.3 Å². The summed E-state index contributed by atoms with van der Waals surface area (Å²) >= 11 is 0. The zero-order chi connectivity index (χ0) is 17.6. The third-order valence-electron chi connectivity index (χ3n) is 3.55. The van der Waals surface area contributed by atoms with Crippen LogP contribution in [-0.4, -0.2) is 26.2 Å². The normalized spacial score (nSPS) is 11.2. The molecular weight excluding hydrogens is 324 g/mol. The van der Waals surface area contributed by atoms with Gasteiger partial charge in [-0.3, -0.25) is 4.79 Å². The van der Waals surface area contributed by atoms with E-state index >= 15 is 0 Å². The summed E-state index contributed by atoms with van der Waals surface area (Å²) in [5.41, 5.74) is 1.65. The lowest BCUT2D eigenvalue weighted by molar-refractivity contribution is 0.102. The first-order chi connectivity index (χ1) is 11.4. The summed E-state index contributed by atoms with van der Waals surface area (Å²) in [6.07, 6.45) is 4.45. The van der Waals surface area contributed by atoms with Gasteiger partial charge in [-0.1, -0.05) is 25.5 Å². The zero-order valence-corrected chi connectivity index (χ0v) is 14.8. The summed E-state index contributed by atoms with van der Waals surface area (Å²) in [6, 6.07) is 14.4. The van der Waals surface area contributed by atoms with E-state index in [4.69, 9.17) is 4.74 Å². The van der Waals surface area contributed by atoms with Gasteiger partial charge in [0.1, 0.15) is 17.3 Å². The van der Waals surface area contributed by atoms with E-state index in [0.717, 1.165) is 18.4 Å². The first-order valence-corrected chi connectivity index (χ1v) is 10.0. The Labute approximate surface area is 143 Å². The van der Waals surface area contributed by atoms with E-state index in [2.05, 4.69) is 19.1 Å². The standard InChI is InChI=1S/C19H22O4S/c1-3-4-5-15-6-10-17(11-7-15)23-18-12-8-16(9-13-18)19(20)14-24(2,21)22/h6-13H,3-5,14H2,1-2H3. The maximum atomic E-state index is 11.8. The molecule has 0 N–H and O–H groups in total. The number of ketones is 1. The molecule has 128 valence electrons. The second kappa shape index (κ2) is 8.11. The Balaban J connectivity index is 1.99. The van der Waals surface area contributed by atoms with E-state index in [1.54, 1.807) is 24.3 Å². The molecule has 0 bridgehead atoms. The van der Waals surface area contributed by atoms with Crippen molar-refractivity contribution in [2.45, 2.75) is 26.2 Å². The molecule has 0 saturated carbocycles. The molecule has 0 aromatic heterocycles. The highest BCUT2D eigenvalue weighted by Crippen LogP contribution is 2.22. The van der Waals surface area contributed by atoms with E-state index in [-0.39, 0.29) is 0 Å². The molecule has 0 aliphatic carbocycles. The Bertz CT molecular complexity index is 775. The first-order valence-electron chi connectivity index (χ1n) is 7.95. The van der Waals surface area contributed by atoms with Gasteiger partial charge in [0.25, 0.3) is 0 Å². The van der Waals surface area contributed by atoms with Crippen molar-refractivity contribution in [1.82, 2.24) is 0 Å². The molecule has 0 heterocycles. The fourth-order valence-corrected chi connectivity index (χ4v) is 2.91. The number of carbonyl (C=O) groups excluding carboxylic acids is 1. The zero-order valence-electron chi connectivity index (χ0n) is 14.0. The van der Waals surface area contributed by atoms with Gasteiger partial charge in [0.2, 0.25) is 0 Å². The number of unbranched alkanes of at least 4 members (excludes halogenated alkanes) is 1. The van der Waals surface area contributed by atoms with Crippen molar-refractivity contribution in [3.63, 3.8) is 0 Å². The van der Waals surface area contributed by atoms with Gasteiger partial charge in [-0.15, -0.1) is 0 Å². The molecular formula is C19H22O4S. The Morgan fingerprint density at radius 1 is 0.958 bits per heavy atom. The van der Waals surface area contributed by atoms with E-state index in [0.29, 0.717) is 11.3 Å². The summed E-state index contributed by atoms with van der Waals surface area (Å²) in [4.78, 5) is 11.8. The molecule has 0 spiro atoms. The van der Waals surface area contributed by atoms with Crippen molar-refractivity contribution < 1.29 is 17.9 Å². The van der Waals surface area contributed by atoms with E-state index in [9.17, 15) is 13.2 Å². The fourth-order valence-electron chi connectivity index (χ4n) is 2.27. The van der Waals surface area contributed by atoms with Crippen LogP contribution in [0.15, 0.2) is 48.5 Å². The third-order valence-corrected chi connectivity index (χ3v) is 4.33. The molecule has 0 saturated heterocycles. The van der Waals surface area contributed by atoms with E-state index < -0.39 is 21.4 Å². The second-order valence-electron chi connectivity index (χ2n) is 5.87. The largest absolute Gasteiger partial charge is 0.457 e. The molecule has 2 aromatic rings. The third kappa shape index (κ3) is 5.81. The average Bonchev–Trinajstić information content (AvgIpc) is 2.53. The minimum absolute atomic E-state index is 0.364. The molecule has 0 radical (unpaired) electrons. The van der Waals surface area contributed by atoms with Crippen LogP contribution >= 0.6 is 0 Å². The van der Waals surface area contributed by atoms with E-state index in [1.165, 1.54) is 18.4 Å². The van der Waals surface area contributed by atoms with Crippen LogP contribution in [0.2, 0.25) is 0 Å². The number of sulfone groups is 1. The lowest BCUT2D eigenvalue weighted by atomic mass is 10.1. The van der Waals surface area contributed by atoms with Gasteiger partial charge in [-0.25, -0.2) is 8.42 Å². The Morgan fingerprint density at radius 2 is 1.50 bits per heavy atom. The second-order valence-corrected chi connectivity index (χ2v) is 8.01. The quantitative estimate of drug-likeness (QED) is 0.677. The Hall–Kier alpha value is -2.14. The number of Topliss-reactive ketones (excluding diaryl/α,β-unsaturated/α-hetero) is 1. The number of benzene rings is 2. The molecule has 2 aromatic carbocycles. The monoisotopic (exact) mass is 346 g/mol. The number of rotatable bonds is 8. The lowest BCUT2D eigenvalue weighted by Crippen LogP contribution is -2.14. The molecule has 0 aliphatic rings. The lowest BCUT2D eigenvalue weighted by Gasteiger charge is -2.07. The molecule has 0 atom stereocenters. The van der Waals surface area contributed by atoms with Gasteiger partial charge in [-0.05, 0) is 54.8 Å². The molecule has 0 unspecified atom stereocenters. The van der Waals surface area contributed by atoms with Gasteiger partial charge < -0.3 is 4.74 Å². The van der Waals surface area contributed by atoms with Crippen LogP contribution in [0.3, 0.4) is 0 Å². The van der Waals surface area contributed by atoms with Gasteiger partial charge in [-0.2, -0.15) is 0 Å². The van der Waals surface area contributed by atoms with Crippen molar-refractivity contribution in [2.24, 2.45) is 0 Å². The summed E-state index contributed by atoms with van der Waals surface area (Å²) in [5, 5.41) is 0. The van der Waals surface area contributed by atoms with Crippen LogP contribution in [0.4, 0.5) is 0 Å². The topological polar surface area (TPSA) is 60.4 Å². The molecule has 4 nitrogen and oxygen atoms in total. The maximum absolute atomic E-state index is 11.8. The highest BCUT2D eigenvalue weighted by atomic mass is 32.2. The molecule has 0 fully saturated rings. The van der Waals surface area contributed by atoms with Crippen molar-refractivity contribution in [3.05, 3.63) is 59.7 Å². The average molecular weight is 346 g/mol. The van der Waals surface area contributed by atoms with Gasteiger partial charge in [0.15, 0.2) is 15.6 Å². The van der Waals surface area contributed by atoms with Gasteiger partial charge >= 0.3 is 0 Å². The number of hydrogen-bond acceptors (Lipinski definition) is 4. The fraction of sp³-hybridized carbons (Fsp3) is 0.316. The van der Waals surface area contributed by atoms with Gasteiger partial charge in [0, 0.05) is 11.8 Å². The number of ether oxygens (including phenoxy) is 1. The molecule has 24 heavy (non-hydrogen) atoms. The Morgan fingerprint density at radius 3 is 2.00 bits per heavy atom. The minimum atomic E-state index is -3.32. The van der Waals surface area contributed by atoms with Gasteiger partial charge in [0.05, 0.1) is 0 Å². The first kappa shape index (κ1) is 18.2. The minimum Gasteiger partial charge on any atom is -0.457 e. The van der Waals surface area contributed by atoms with Crippen molar-refractivity contribution >= 4 is 15.6 Å². The molecule has 5 heteroatoms. The van der Waals surface area contributed by atoms with Crippen molar-refractivity contribution in [3.8, 4) is 11.5 Å². The van der Waals surface area contributed by atoms with Crippen LogP contribution in [0.25, 0.3) is 0 Å². The predicted octanol–water partition coefficient (Wildman–Crippen LogP) is 4.05.